The Bertz CT molecular complexity index is 990. The summed E-state index contributed by atoms with van der Waals surface area (Å²) in [5.74, 6) is -1.06. The van der Waals surface area contributed by atoms with Crippen molar-refractivity contribution in [2.24, 2.45) is 0 Å². The molecule has 1 amide bonds. The SMILES string of the molecule is O=C(c1ccc(Nc2ccc(F)c(F)c2)cn1)N1CCN(c2ccccn2)CC1. The summed E-state index contributed by atoms with van der Waals surface area (Å²) in [7, 11) is 0. The van der Waals surface area contributed by atoms with Crippen LogP contribution in [0, 0.1) is 11.6 Å². The summed E-state index contributed by atoms with van der Waals surface area (Å²) in [5.41, 5.74) is 1.31. The zero-order valence-corrected chi connectivity index (χ0v) is 15.6. The van der Waals surface area contributed by atoms with Crippen molar-refractivity contribution in [3.05, 3.63) is 78.3 Å². The molecule has 0 unspecified atom stereocenters. The normalized spacial score (nSPS) is 14.0. The molecule has 1 saturated heterocycles. The van der Waals surface area contributed by atoms with E-state index in [0.717, 1.165) is 18.0 Å². The molecule has 0 saturated carbocycles. The summed E-state index contributed by atoms with van der Waals surface area (Å²) in [6.45, 7) is 2.59. The molecule has 1 aromatic carbocycles. The maximum Gasteiger partial charge on any atom is 0.272 e. The quantitative estimate of drug-likeness (QED) is 0.733. The Kier molecular flexibility index (Phi) is 5.33. The van der Waals surface area contributed by atoms with Gasteiger partial charge in [-0.15, -0.1) is 0 Å². The van der Waals surface area contributed by atoms with Crippen LogP contribution in [0.1, 0.15) is 10.5 Å². The third-order valence-corrected chi connectivity index (χ3v) is 4.73. The third-order valence-electron chi connectivity index (χ3n) is 4.73. The summed E-state index contributed by atoms with van der Waals surface area (Å²) in [4.78, 5) is 25.2. The molecule has 3 heterocycles. The molecule has 0 bridgehead atoms. The molecular weight excluding hydrogens is 376 g/mol. The van der Waals surface area contributed by atoms with Gasteiger partial charge in [0, 0.05) is 44.1 Å². The van der Waals surface area contributed by atoms with Crippen LogP contribution >= 0.6 is 0 Å². The second kappa shape index (κ2) is 8.22. The van der Waals surface area contributed by atoms with Gasteiger partial charge in [-0.2, -0.15) is 0 Å². The first kappa shape index (κ1) is 18.8. The highest BCUT2D eigenvalue weighted by Gasteiger charge is 2.23. The Hall–Kier alpha value is -3.55. The van der Waals surface area contributed by atoms with E-state index in [1.807, 2.05) is 18.2 Å². The second-order valence-corrected chi connectivity index (χ2v) is 6.65. The van der Waals surface area contributed by atoms with Gasteiger partial charge >= 0.3 is 0 Å². The molecule has 1 aliphatic rings. The van der Waals surface area contributed by atoms with Crippen molar-refractivity contribution >= 4 is 23.1 Å². The number of piperazine rings is 1. The van der Waals surface area contributed by atoms with E-state index in [1.165, 1.54) is 12.3 Å². The molecule has 6 nitrogen and oxygen atoms in total. The maximum absolute atomic E-state index is 13.3. The van der Waals surface area contributed by atoms with Crippen LogP contribution in [0.2, 0.25) is 0 Å². The van der Waals surface area contributed by atoms with Crippen LogP contribution < -0.4 is 10.2 Å². The number of rotatable bonds is 4. The van der Waals surface area contributed by atoms with Crippen molar-refractivity contribution in [1.82, 2.24) is 14.9 Å². The lowest BCUT2D eigenvalue weighted by atomic mass is 10.2. The largest absolute Gasteiger partial charge is 0.354 e. The standard InChI is InChI=1S/C21H19F2N5O/c22-17-6-4-15(13-18(17)23)26-16-5-7-19(25-14-16)21(29)28-11-9-27(10-12-28)20-3-1-2-8-24-20/h1-8,13-14,26H,9-12H2. The molecule has 0 atom stereocenters. The predicted molar refractivity (Wildman–Crippen MR) is 106 cm³/mol. The van der Waals surface area contributed by atoms with Gasteiger partial charge in [-0.1, -0.05) is 6.07 Å². The molecule has 29 heavy (non-hydrogen) atoms. The van der Waals surface area contributed by atoms with Gasteiger partial charge in [-0.25, -0.2) is 18.7 Å². The Labute approximate surface area is 166 Å². The monoisotopic (exact) mass is 395 g/mol. The van der Waals surface area contributed by atoms with Gasteiger partial charge in [0.15, 0.2) is 11.6 Å². The van der Waals surface area contributed by atoms with Crippen molar-refractivity contribution in [2.45, 2.75) is 0 Å². The number of carbonyl (C=O) groups is 1. The number of pyridine rings is 2. The van der Waals surface area contributed by atoms with Crippen molar-refractivity contribution in [1.29, 1.82) is 0 Å². The number of nitrogens with one attached hydrogen (secondary N) is 1. The van der Waals surface area contributed by atoms with Gasteiger partial charge in [0.05, 0.1) is 11.9 Å². The number of anilines is 3. The van der Waals surface area contributed by atoms with Crippen LogP contribution in [-0.4, -0.2) is 47.0 Å². The zero-order chi connectivity index (χ0) is 20.2. The topological polar surface area (TPSA) is 61.4 Å². The second-order valence-electron chi connectivity index (χ2n) is 6.65. The highest BCUT2D eigenvalue weighted by molar-refractivity contribution is 5.92. The average molecular weight is 395 g/mol. The molecular formula is C21H19F2N5O. The minimum atomic E-state index is -0.931. The van der Waals surface area contributed by atoms with Gasteiger partial charge in [0.1, 0.15) is 11.5 Å². The summed E-state index contributed by atoms with van der Waals surface area (Å²) >= 11 is 0. The first-order chi connectivity index (χ1) is 14.1. The summed E-state index contributed by atoms with van der Waals surface area (Å²) < 4.78 is 26.3. The first-order valence-corrected chi connectivity index (χ1v) is 9.23. The smallest absolute Gasteiger partial charge is 0.272 e. The first-order valence-electron chi connectivity index (χ1n) is 9.23. The maximum atomic E-state index is 13.3. The van der Waals surface area contributed by atoms with Crippen molar-refractivity contribution < 1.29 is 13.6 Å². The highest BCUT2D eigenvalue weighted by atomic mass is 19.2. The Morgan fingerprint density at radius 3 is 2.34 bits per heavy atom. The van der Waals surface area contributed by atoms with Crippen molar-refractivity contribution in [2.75, 3.05) is 36.4 Å². The van der Waals surface area contributed by atoms with Crippen LogP contribution in [0.4, 0.5) is 26.0 Å². The van der Waals surface area contributed by atoms with Crippen molar-refractivity contribution in [3.63, 3.8) is 0 Å². The highest BCUT2D eigenvalue weighted by Crippen LogP contribution is 2.19. The van der Waals surface area contributed by atoms with Gasteiger partial charge in [-0.05, 0) is 36.4 Å². The number of aromatic nitrogens is 2. The summed E-state index contributed by atoms with van der Waals surface area (Å²) in [6, 6.07) is 12.6. The molecule has 1 fully saturated rings. The molecule has 1 aliphatic heterocycles. The Balaban J connectivity index is 1.36. The molecule has 0 radical (unpaired) electrons. The van der Waals surface area contributed by atoms with Gasteiger partial charge in [0.25, 0.3) is 5.91 Å². The number of benzene rings is 1. The van der Waals surface area contributed by atoms with E-state index in [0.29, 0.717) is 43.2 Å². The number of hydrogen-bond donors (Lipinski definition) is 1. The van der Waals surface area contributed by atoms with E-state index >= 15 is 0 Å². The minimum absolute atomic E-state index is 0.134. The van der Waals surface area contributed by atoms with Gasteiger partial charge in [0.2, 0.25) is 0 Å². The number of amides is 1. The molecule has 1 N–H and O–H groups in total. The fraction of sp³-hybridized carbons (Fsp3) is 0.190. The molecule has 3 aromatic rings. The molecule has 0 aliphatic carbocycles. The summed E-state index contributed by atoms with van der Waals surface area (Å²) in [6.07, 6.45) is 3.26. The van der Waals surface area contributed by atoms with Crippen LogP contribution in [0.5, 0.6) is 0 Å². The Morgan fingerprint density at radius 1 is 0.897 bits per heavy atom. The van der Waals surface area contributed by atoms with E-state index in [9.17, 15) is 13.6 Å². The third kappa shape index (κ3) is 4.31. The zero-order valence-electron chi connectivity index (χ0n) is 15.6. The molecule has 0 spiro atoms. The number of hydrogen-bond acceptors (Lipinski definition) is 5. The fourth-order valence-corrected chi connectivity index (χ4v) is 3.18. The van der Waals surface area contributed by atoms with Gasteiger partial charge < -0.3 is 15.1 Å². The lowest BCUT2D eigenvalue weighted by Gasteiger charge is -2.35. The van der Waals surface area contributed by atoms with E-state index in [1.54, 1.807) is 23.2 Å². The lowest BCUT2D eigenvalue weighted by molar-refractivity contribution is 0.0740. The average Bonchev–Trinajstić information content (AvgIpc) is 2.77. The molecule has 2 aromatic heterocycles. The van der Waals surface area contributed by atoms with E-state index in [-0.39, 0.29) is 5.91 Å². The number of halogens is 2. The van der Waals surface area contributed by atoms with Crippen LogP contribution in [0.25, 0.3) is 0 Å². The predicted octanol–water partition coefficient (Wildman–Crippen LogP) is 3.46. The summed E-state index contributed by atoms with van der Waals surface area (Å²) in [5, 5.41) is 2.93. The van der Waals surface area contributed by atoms with Gasteiger partial charge in [-0.3, -0.25) is 4.79 Å². The number of nitrogens with zero attached hydrogens (tertiary/aromatic N) is 4. The molecule has 148 valence electrons. The molecule has 8 heteroatoms. The van der Waals surface area contributed by atoms with E-state index in [2.05, 4.69) is 20.2 Å². The molecule has 4 rings (SSSR count). The fourth-order valence-electron chi connectivity index (χ4n) is 3.18. The lowest BCUT2D eigenvalue weighted by Crippen LogP contribution is -2.49. The van der Waals surface area contributed by atoms with Crippen molar-refractivity contribution in [3.8, 4) is 0 Å². The van der Waals surface area contributed by atoms with Crippen LogP contribution in [0.3, 0.4) is 0 Å². The Morgan fingerprint density at radius 2 is 1.69 bits per heavy atom. The van der Waals surface area contributed by atoms with E-state index in [4.69, 9.17) is 0 Å². The van der Waals surface area contributed by atoms with Crippen LogP contribution in [-0.2, 0) is 0 Å². The van der Waals surface area contributed by atoms with Crippen LogP contribution in [0.15, 0.2) is 60.9 Å². The minimum Gasteiger partial charge on any atom is -0.354 e. The number of carbonyl (C=O) groups excluding carboxylic acids is 1. The van der Waals surface area contributed by atoms with E-state index < -0.39 is 11.6 Å².